The molecule has 3 heterocycles. The second-order valence-corrected chi connectivity index (χ2v) is 7.43. The summed E-state index contributed by atoms with van der Waals surface area (Å²) in [6, 6.07) is 7.44. The predicted molar refractivity (Wildman–Crippen MR) is 125 cm³/mol. The Labute approximate surface area is 188 Å². The summed E-state index contributed by atoms with van der Waals surface area (Å²) in [6.07, 6.45) is 6.68. The highest BCUT2D eigenvalue weighted by molar-refractivity contribution is 5.97. The number of H-pyrrole nitrogens is 1. The van der Waals surface area contributed by atoms with Crippen LogP contribution >= 0.6 is 0 Å². The maximum absolute atomic E-state index is 13.3. The molecule has 0 radical (unpaired) electrons. The molecule has 0 fully saturated rings. The maximum Gasteiger partial charge on any atom is 0.254 e. The summed E-state index contributed by atoms with van der Waals surface area (Å²) < 4.78 is 17.3. The predicted octanol–water partition coefficient (Wildman–Crippen LogP) is 4.69. The third kappa shape index (κ3) is 4.28. The summed E-state index contributed by atoms with van der Waals surface area (Å²) >= 11 is 0. The van der Waals surface area contributed by atoms with E-state index in [-0.39, 0.29) is 5.91 Å². The summed E-state index contributed by atoms with van der Waals surface area (Å²) in [4.78, 5) is 22.9. The third-order valence-corrected chi connectivity index (χ3v) is 5.43. The molecule has 0 spiro atoms. The van der Waals surface area contributed by atoms with Crippen LogP contribution in [0.25, 0.3) is 16.6 Å². The van der Waals surface area contributed by atoms with Gasteiger partial charge in [0, 0.05) is 36.6 Å². The Bertz CT molecular complexity index is 1110. The second-order valence-electron chi connectivity index (χ2n) is 7.43. The first-order valence-corrected chi connectivity index (χ1v) is 11.1. The van der Waals surface area contributed by atoms with E-state index in [2.05, 4.69) is 16.0 Å². The van der Waals surface area contributed by atoms with Crippen molar-refractivity contribution in [2.24, 2.45) is 0 Å². The highest BCUT2D eigenvalue weighted by atomic mass is 16.5. The molecular weight excluding hydrogens is 406 g/mol. The van der Waals surface area contributed by atoms with Crippen molar-refractivity contribution in [3.05, 3.63) is 53.9 Å². The van der Waals surface area contributed by atoms with Gasteiger partial charge in [0.1, 0.15) is 0 Å². The van der Waals surface area contributed by atoms with E-state index in [0.29, 0.717) is 55.7 Å². The Morgan fingerprint density at radius 1 is 1.09 bits per heavy atom. The van der Waals surface area contributed by atoms with E-state index in [0.717, 1.165) is 23.0 Å². The highest BCUT2D eigenvalue weighted by Gasteiger charge is 2.24. The highest BCUT2D eigenvalue weighted by Crippen LogP contribution is 2.39. The molecule has 1 amide bonds. The molecular formula is C25H29N3O4. The van der Waals surface area contributed by atoms with Gasteiger partial charge in [-0.1, -0.05) is 6.08 Å². The number of carbonyl (C=O) groups excluding carboxylic acids is 1. The topological polar surface area (TPSA) is 76.7 Å². The molecule has 0 bridgehead atoms. The summed E-state index contributed by atoms with van der Waals surface area (Å²) in [7, 11) is 0. The SMILES string of the molecule is CCOc1cc(C(=O)N2CC=C(c3c[nH]c4cccnc34)CC2)cc(OCC)c1OCC. The zero-order valence-electron chi connectivity index (χ0n) is 18.8. The van der Waals surface area contributed by atoms with E-state index in [1.54, 1.807) is 18.3 Å². The first kappa shape index (κ1) is 21.7. The van der Waals surface area contributed by atoms with Crippen LogP contribution in [0, 0.1) is 0 Å². The van der Waals surface area contributed by atoms with Crippen molar-refractivity contribution in [1.29, 1.82) is 0 Å². The number of ether oxygens (including phenoxy) is 3. The van der Waals surface area contributed by atoms with Crippen LogP contribution in [-0.4, -0.2) is 53.7 Å². The molecule has 3 aromatic rings. The minimum absolute atomic E-state index is 0.0534. The van der Waals surface area contributed by atoms with E-state index >= 15 is 0 Å². The van der Waals surface area contributed by atoms with Gasteiger partial charge in [0.15, 0.2) is 11.5 Å². The normalized spacial score (nSPS) is 13.7. The first-order chi connectivity index (χ1) is 15.7. The van der Waals surface area contributed by atoms with Crippen LogP contribution in [0.4, 0.5) is 0 Å². The standard InChI is InChI=1S/C25H29N3O4/c1-4-30-21-14-18(15-22(31-5-2)24(21)32-6-3)25(29)28-12-9-17(10-13-28)19-16-27-20-8-7-11-26-23(19)20/h7-9,11,14-16,27H,4-6,10,12-13H2,1-3H3. The molecule has 1 aliphatic rings. The van der Waals surface area contributed by atoms with Gasteiger partial charge >= 0.3 is 0 Å². The molecule has 32 heavy (non-hydrogen) atoms. The Hall–Kier alpha value is -3.48. The van der Waals surface area contributed by atoms with Crippen LogP contribution in [-0.2, 0) is 0 Å². The molecule has 4 rings (SSSR count). The Morgan fingerprint density at radius 3 is 2.44 bits per heavy atom. The summed E-state index contributed by atoms with van der Waals surface area (Å²) in [5.41, 5.74) is 4.82. The third-order valence-electron chi connectivity index (χ3n) is 5.43. The fourth-order valence-electron chi connectivity index (χ4n) is 3.99. The average Bonchev–Trinajstić information content (AvgIpc) is 3.25. The number of amides is 1. The van der Waals surface area contributed by atoms with Gasteiger partial charge in [-0.25, -0.2) is 0 Å². The number of rotatable bonds is 8. The Morgan fingerprint density at radius 2 is 1.81 bits per heavy atom. The van der Waals surface area contributed by atoms with Crippen molar-refractivity contribution in [2.45, 2.75) is 27.2 Å². The number of nitrogens with one attached hydrogen (secondary N) is 1. The number of nitrogens with zero attached hydrogens (tertiary/aromatic N) is 2. The molecule has 1 aromatic carbocycles. The Balaban J connectivity index is 1.58. The fourth-order valence-corrected chi connectivity index (χ4v) is 3.99. The fraction of sp³-hybridized carbons (Fsp3) is 0.360. The van der Waals surface area contributed by atoms with Crippen molar-refractivity contribution in [3.8, 4) is 17.2 Å². The van der Waals surface area contributed by atoms with E-state index < -0.39 is 0 Å². The minimum Gasteiger partial charge on any atom is -0.490 e. The maximum atomic E-state index is 13.3. The number of carbonyl (C=O) groups is 1. The number of aromatic nitrogens is 2. The monoisotopic (exact) mass is 435 g/mol. The van der Waals surface area contributed by atoms with Crippen molar-refractivity contribution in [2.75, 3.05) is 32.9 Å². The number of aromatic amines is 1. The lowest BCUT2D eigenvalue weighted by Gasteiger charge is -2.27. The van der Waals surface area contributed by atoms with Crippen molar-refractivity contribution in [1.82, 2.24) is 14.9 Å². The van der Waals surface area contributed by atoms with Gasteiger partial charge in [-0.05, 0) is 57.0 Å². The second kappa shape index (κ2) is 9.77. The lowest BCUT2D eigenvalue weighted by Crippen LogP contribution is -2.34. The van der Waals surface area contributed by atoms with Gasteiger partial charge in [0.2, 0.25) is 5.75 Å². The van der Waals surface area contributed by atoms with E-state index in [1.165, 1.54) is 5.57 Å². The summed E-state index contributed by atoms with van der Waals surface area (Å²) in [6.45, 7) is 8.30. The zero-order chi connectivity index (χ0) is 22.5. The lowest BCUT2D eigenvalue weighted by atomic mass is 10.0. The van der Waals surface area contributed by atoms with Crippen molar-refractivity contribution < 1.29 is 19.0 Å². The average molecular weight is 436 g/mol. The number of benzene rings is 1. The van der Waals surface area contributed by atoms with Gasteiger partial charge in [-0.2, -0.15) is 0 Å². The van der Waals surface area contributed by atoms with Gasteiger partial charge < -0.3 is 24.1 Å². The molecule has 1 N–H and O–H groups in total. The first-order valence-electron chi connectivity index (χ1n) is 11.1. The van der Waals surface area contributed by atoms with Crippen LogP contribution in [0.15, 0.2) is 42.7 Å². The molecule has 7 nitrogen and oxygen atoms in total. The van der Waals surface area contributed by atoms with Crippen LogP contribution in [0.2, 0.25) is 0 Å². The number of fused-ring (bicyclic) bond motifs is 1. The number of hydrogen-bond acceptors (Lipinski definition) is 5. The summed E-state index contributed by atoms with van der Waals surface area (Å²) in [5.74, 6) is 1.55. The molecule has 0 aliphatic carbocycles. The molecule has 2 aromatic heterocycles. The molecule has 0 saturated carbocycles. The van der Waals surface area contributed by atoms with Crippen molar-refractivity contribution >= 4 is 22.5 Å². The van der Waals surface area contributed by atoms with E-state index in [9.17, 15) is 4.79 Å². The van der Waals surface area contributed by atoms with Crippen molar-refractivity contribution in [3.63, 3.8) is 0 Å². The number of hydrogen-bond donors (Lipinski definition) is 1. The van der Waals surface area contributed by atoms with Crippen LogP contribution in [0.1, 0.15) is 43.1 Å². The summed E-state index contributed by atoms with van der Waals surface area (Å²) in [5, 5.41) is 0. The smallest absolute Gasteiger partial charge is 0.254 e. The van der Waals surface area contributed by atoms with Gasteiger partial charge in [0.25, 0.3) is 5.91 Å². The molecule has 0 atom stereocenters. The van der Waals surface area contributed by atoms with Gasteiger partial charge in [-0.15, -0.1) is 0 Å². The molecule has 168 valence electrons. The van der Waals surface area contributed by atoms with Crippen LogP contribution in [0.3, 0.4) is 0 Å². The van der Waals surface area contributed by atoms with Crippen LogP contribution in [0.5, 0.6) is 17.2 Å². The van der Waals surface area contributed by atoms with E-state index in [1.807, 2.05) is 44.0 Å². The van der Waals surface area contributed by atoms with Gasteiger partial charge in [-0.3, -0.25) is 9.78 Å². The van der Waals surface area contributed by atoms with Crippen LogP contribution < -0.4 is 14.2 Å². The lowest BCUT2D eigenvalue weighted by molar-refractivity contribution is 0.0771. The molecule has 7 heteroatoms. The van der Waals surface area contributed by atoms with Gasteiger partial charge in [0.05, 0.1) is 30.9 Å². The molecule has 0 saturated heterocycles. The largest absolute Gasteiger partial charge is 0.490 e. The molecule has 0 unspecified atom stereocenters. The number of pyridine rings is 1. The van der Waals surface area contributed by atoms with E-state index in [4.69, 9.17) is 14.2 Å². The zero-order valence-corrected chi connectivity index (χ0v) is 18.8. The molecule has 1 aliphatic heterocycles. The minimum atomic E-state index is -0.0534. The Kier molecular flexibility index (Phi) is 6.63. The quantitative estimate of drug-likeness (QED) is 0.556.